The first-order valence-electron chi connectivity index (χ1n) is 10.2. The van der Waals surface area contributed by atoms with E-state index in [-0.39, 0.29) is 23.2 Å². The van der Waals surface area contributed by atoms with E-state index in [2.05, 4.69) is 20.5 Å². The molecule has 1 aliphatic heterocycles. The number of hydrogen-bond donors (Lipinski definition) is 2. The summed E-state index contributed by atoms with van der Waals surface area (Å²) in [5, 5.41) is 17.8. The third-order valence-corrected chi connectivity index (χ3v) is 5.11. The third kappa shape index (κ3) is 5.80. The van der Waals surface area contributed by atoms with Gasteiger partial charge in [-0.3, -0.25) is 15.0 Å². The van der Waals surface area contributed by atoms with Crippen LogP contribution in [0, 0.1) is 10.1 Å². The van der Waals surface area contributed by atoms with Crippen LogP contribution in [0.25, 0.3) is 0 Å². The third-order valence-electron chi connectivity index (χ3n) is 5.11. The van der Waals surface area contributed by atoms with E-state index in [4.69, 9.17) is 4.42 Å². The van der Waals surface area contributed by atoms with Gasteiger partial charge in [0.2, 0.25) is 0 Å². The normalized spacial score (nSPS) is 16.4. The molecular weight excluding hydrogens is 370 g/mol. The topological polar surface area (TPSA) is 95.9 Å². The largest absolute Gasteiger partial charge is 0.468 e. The van der Waals surface area contributed by atoms with E-state index in [0.717, 1.165) is 18.8 Å². The summed E-state index contributed by atoms with van der Waals surface area (Å²) >= 11 is 0. The van der Waals surface area contributed by atoms with Gasteiger partial charge in [-0.2, -0.15) is 0 Å². The Labute approximate surface area is 171 Å². The Morgan fingerprint density at radius 2 is 2.00 bits per heavy atom. The highest BCUT2D eigenvalue weighted by atomic mass is 16.6. The monoisotopic (exact) mass is 399 g/mol. The van der Waals surface area contributed by atoms with Crippen molar-refractivity contribution in [2.75, 3.05) is 26.2 Å². The number of likely N-dealkylation sites (tertiary alicyclic amines) is 1. The number of guanidine groups is 1. The van der Waals surface area contributed by atoms with Crippen molar-refractivity contribution < 1.29 is 9.34 Å². The molecule has 0 radical (unpaired) electrons. The first-order chi connectivity index (χ1) is 14.2. The highest BCUT2D eigenvalue weighted by Gasteiger charge is 2.24. The predicted molar refractivity (Wildman–Crippen MR) is 113 cm³/mol. The molecule has 2 aromatic rings. The van der Waals surface area contributed by atoms with E-state index >= 15 is 0 Å². The lowest BCUT2D eigenvalue weighted by Gasteiger charge is -2.33. The number of nitrogens with one attached hydrogen (secondary N) is 2. The van der Waals surface area contributed by atoms with Crippen LogP contribution in [0.4, 0.5) is 5.69 Å². The maximum atomic E-state index is 11.2. The fourth-order valence-electron chi connectivity index (χ4n) is 3.64. The van der Waals surface area contributed by atoms with Gasteiger partial charge < -0.3 is 15.1 Å². The van der Waals surface area contributed by atoms with Crippen molar-refractivity contribution in [2.24, 2.45) is 4.99 Å². The summed E-state index contributed by atoms with van der Waals surface area (Å²) in [5.41, 5.74) is 0.683. The lowest BCUT2D eigenvalue weighted by atomic mass is 10.1. The molecule has 156 valence electrons. The van der Waals surface area contributed by atoms with Crippen LogP contribution in [0.15, 0.2) is 52.1 Å². The minimum atomic E-state index is -0.367. The molecule has 1 unspecified atom stereocenters. The molecule has 0 spiro atoms. The molecule has 1 aliphatic rings. The molecule has 8 nitrogen and oxygen atoms in total. The maximum absolute atomic E-state index is 11.2. The second kappa shape index (κ2) is 10.6. The van der Waals surface area contributed by atoms with E-state index in [9.17, 15) is 10.1 Å². The minimum absolute atomic E-state index is 0.0916. The van der Waals surface area contributed by atoms with Crippen LogP contribution in [0.5, 0.6) is 0 Å². The van der Waals surface area contributed by atoms with E-state index in [1.165, 1.54) is 25.3 Å². The van der Waals surface area contributed by atoms with E-state index < -0.39 is 0 Å². The number of rotatable bonds is 8. The Kier molecular flexibility index (Phi) is 7.63. The number of nitro groups is 1. The molecule has 1 aromatic heterocycles. The molecule has 0 amide bonds. The van der Waals surface area contributed by atoms with Crippen molar-refractivity contribution in [2.45, 2.75) is 38.8 Å². The van der Waals surface area contributed by atoms with Gasteiger partial charge >= 0.3 is 0 Å². The van der Waals surface area contributed by atoms with Gasteiger partial charge in [-0.25, -0.2) is 4.99 Å². The number of aliphatic imine (C=N–C) groups is 1. The fourth-order valence-corrected chi connectivity index (χ4v) is 3.64. The van der Waals surface area contributed by atoms with E-state index in [0.29, 0.717) is 24.6 Å². The molecule has 1 aromatic carbocycles. The van der Waals surface area contributed by atoms with Gasteiger partial charge in [-0.15, -0.1) is 0 Å². The van der Waals surface area contributed by atoms with Gasteiger partial charge in [0.1, 0.15) is 5.76 Å². The van der Waals surface area contributed by atoms with Crippen molar-refractivity contribution in [1.29, 1.82) is 0 Å². The summed E-state index contributed by atoms with van der Waals surface area (Å²) in [6.45, 7) is 5.69. The first-order valence-corrected chi connectivity index (χ1v) is 10.2. The number of para-hydroxylation sites is 1. The summed E-state index contributed by atoms with van der Waals surface area (Å²) in [4.78, 5) is 17.9. The molecular formula is C21H29N5O3. The lowest BCUT2D eigenvalue weighted by Crippen LogP contribution is -2.44. The number of nitrogens with zero attached hydrogens (tertiary/aromatic N) is 3. The molecule has 0 bridgehead atoms. The second-order valence-corrected chi connectivity index (χ2v) is 7.09. The summed E-state index contributed by atoms with van der Waals surface area (Å²) in [6.07, 6.45) is 5.38. The van der Waals surface area contributed by atoms with Crippen molar-refractivity contribution in [3.8, 4) is 0 Å². The molecule has 1 atom stereocenters. The van der Waals surface area contributed by atoms with Crippen LogP contribution in [0.2, 0.25) is 0 Å². The molecule has 2 N–H and O–H groups in total. The van der Waals surface area contributed by atoms with Crippen LogP contribution in [0.1, 0.15) is 43.6 Å². The Bertz CT molecular complexity index is 800. The Morgan fingerprint density at radius 1 is 1.21 bits per heavy atom. The maximum Gasteiger partial charge on any atom is 0.274 e. The highest BCUT2D eigenvalue weighted by Crippen LogP contribution is 2.24. The summed E-state index contributed by atoms with van der Waals surface area (Å²) in [5.74, 6) is 1.58. The fraction of sp³-hybridized carbons (Fsp3) is 0.476. The molecule has 29 heavy (non-hydrogen) atoms. The number of piperidine rings is 1. The molecule has 3 rings (SSSR count). The molecule has 0 aliphatic carbocycles. The second-order valence-electron chi connectivity index (χ2n) is 7.09. The number of furan rings is 1. The Morgan fingerprint density at radius 3 is 2.69 bits per heavy atom. The SMILES string of the molecule is CCNC(=NCc1ccccc1[N+](=O)[O-])NCC(c1ccco1)N1CCCCC1. The molecule has 8 heteroatoms. The lowest BCUT2D eigenvalue weighted by molar-refractivity contribution is -0.385. The minimum Gasteiger partial charge on any atom is -0.468 e. The average Bonchev–Trinajstić information content (AvgIpc) is 3.27. The van der Waals surface area contributed by atoms with Gasteiger partial charge in [-0.05, 0) is 45.0 Å². The van der Waals surface area contributed by atoms with Crippen LogP contribution in [0.3, 0.4) is 0 Å². The zero-order chi connectivity index (χ0) is 20.5. The molecule has 0 saturated carbocycles. The van der Waals surface area contributed by atoms with Crippen LogP contribution in [-0.2, 0) is 6.54 Å². The standard InChI is InChI=1S/C21H29N5O3/c1-2-22-21(23-15-17-9-4-5-10-18(17)26(27)28)24-16-19(20-11-8-14-29-20)25-12-6-3-7-13-25/h4-5,8-11,14,19H,2-3,6-7,12-13,15-16H2,1H3,(H2,22,23,24). The highest BCUT2D eigenvalue weighted by molar-refractivity contribution is 5.79. The van der Waals surface area contributed by atoms with Gasteiger partial charge in [0.15, 0.2) is 5.96 Å². The van der Waals surface area contributed by atoms with Crippen molar-refractivity contribution in [3.63, 3.8) is 0 Å². The van der Waals surface area contributed by atoms with Crippen LogP contribution >= 0.6 is 0 Å². The zero-order valence-corrected chi connectivity index (χ0v) is 16.8. The molecule has 2 heterocycles. The van der Waals surface area contributed by atoms with Crippen molar-refractivity contribution in [1.82, 2.24) is 15.5 Å². The quantitative estimate of drug-likeness (QED) is 0.305. The first kappa shape index (κ1) is 20.9. The Balaban J connectivity index is 1.70. The molecule has 1 saturated heterocycles. The number of hydrogen-bond acceptors (Lipinski definition) is 5. The van der Waals surface area contributed by atoms with E-state index in [1.54, 1.807) is 24.5 Å². The van der Waals surface area contributed by atoms with E-state index in [1.807, 2.05) is 19.1 Å². The average molecular weight is 399 g/mol. The van der Waals surface area contributed by atoms with Crippen molar-refractivity contribution in [3.05, 3.63) is 64.1 Å². The summed E-state index contributed by atoms with van der Waals surface area (Å²) in [7, 11) is 0. The number of benzene rings is 1. The van der Waals surface area contributed by atoms with Crippen LogP contribution in [-0.4, -0.2) is 42.0 Å². The van der Waals surface area contributed by atoms with Gasteiger partial charge in [0.25, 0.3) is 5.69 Å². The summed E-state index contributed by atoms with van der Waals surface area (Å²) in [6, 6.07) is 10.8. The van der Waals surface area contributed by atoms with Gasteiger partial charge in [0, 0.05) is 19.2 Å². The summed E-state index contributed by atoms with van der Waals surface area (Å²) < 4.78 is 5.70. The smallest absolute Gasteiger partial charge is 0.274 e. The van der Waals surface area contributed by atoms with Gasteiger partial charge in [-0.1, -0.05) is 24.6 Å². The zero-order valence-electron chi connectivity index (χ0n) is 16.8. The predicted octanol–water partition coefficient (Wildman–Crippen LogP) is 3.47. The van der Waals surface area contributed by atoms with Crippen molar-refractivity contribution >= 4 is 11.6 Å². The molecule has 1 fully saturated rings. The van der Waals surface area contributed by atoms with Gasteiger partial charge in [0.05, 0.1) is 29.3 Å². The number of nitro benzene ring substituents is 1. The Hall–Kier alpha value is -2.87. The van der Waals surface area contributed by atoms with Crippen LogP contribution < -0.4 is 10.6 Å².